The lowest BCUT2D eigenvalue weighted by molar-refractivity contribution is -0.142. The zero-order valence-corrected chi connectivity index (χ0v) is 13.8. The number of amides is 2. The summed E-state index contributed by atoms with van der Waals surface area (Å²) in [6.07, 6.45) is -0.129. The molecule has 0 bridgehead atoms. The summed E-state index contributed by atoms with van der Waals surface area (Å²) in [6, 6.07) is 8.56. The third-order valence-corrected chi connectivity index (χ3v) is 3.22. The highest BCUT2D eigenvalue weighted by atomic mass is 16.5. The Morgan fingerprint density at radius 2 is 1.96 bits per heavy atom. The van der Waals surface area contributed by atoms with E-state index in [1.807, 2.05) is 30.3 Å². The van der Waals surface area contributed by atoms with Crippen molar-refractivity contribution in [3.8, 4) is 0 Å². The first-order valence-corrected chi connectivity index (χ1v) is 7.51. The Bertz CT molecular complexity index is 744. The van der Waals surface area contributed by atoms with Crippen LogP contribution in [0.5, 0.6) is 0 Å². The number of carbonyl (C=O) groups excluding carboxylic acids is 3. The maximum absolute atomic E-state index is 11.9. The van der Waals surface area contributed by atoms with Crippen LogP contribution in [0.25, 0.3) is 0 Å². The molecule has 1 aromatic carbocycles. The van der Waals surface area contributed by atoms with Crippen molar-refractivity contribution < 1.29 is 23.6 Å². The highest BCUT2D eigenvalue weighted by Crippen LogP contribution is 2.01. The van der Waals surface area contributed by atoms with Gasteiger partial charge in [0.1, 0.15) is 6.04 Å². The van der Waals surface area contributed by atoms with Gasteiger partial charge in [-0.05, 0) is 12.5 Å². The maximum atomic E-state index is 11.9. The second-order valence-electron chi connectivity index (χ2n) is 5.17. The summed E-state index contributed by atoms with van der Waals surface area (Å²) in [5.74, 6) is -1.89. The van der Waals surface area contributed by atoms with Crippen LogP contribution in [0.4, 0.5) is 0 Å². The van der Waals surface area contributed by atoms with Crippen LogP contribution >= 0.6 is 0 Å². The molecule has 0 aliphatic carbocycles. The van der Waals surface area contributed by atoms with E-state index in [1.54, 1.807) is 0 Å². The molecule has 0 saturated carbocycles. The molecule has 1 aromatic heterocycles. The van der Waals surface area contributed by atoms with E-state index in [-0.39, 0.29) is 24.0 Å². The van der Waals surface area contributed by atoms with Gasteiger partial charge in [0, 0.05) is 6.54 Å². The Kier molecular flexibility index (Phi) is 6.21. The number of benzene rings is 1. The summed E-state index contributed by atoms with van der Waals surface area (Å²) in [6.45, 7) is 1.83. The smallest absolute Gasteiger partial charge is 0.328 e. The van der Waals surface area contributed by atoms with Gasteiger partial charge in [0.05, 0.1) is 13.5 Å². The van der Waals surface area contributed by atoms with Gasteiger partial charge in [-0.1, -0.05) is 35.5 Å². The number of carbonyl (C=O) groups is 3. The van der Waals surface area contributed by atoms with E-state index < -0.39 is 17.9 Å². The van der Waals surface area contributed by atoms with Crippen molar-refractivity contribution in [1.29, 1.82) is 0 Å². The van der Waals surface area contributed by atoms with Crippen molar-refractivity contribution in [2.24, 2.45) is 0 Å². The normalized spacial score (nSPS) is 11.4. The predicted molar refractivity (Wildman–Crippen MR) is 85.2 cm³/mol. The van der Waals surface area contributed by atoms with E-state index in [2.05, 4.69) is 25.5 Å². The van der Waals surface area contributed by atoms with Crippen LogP contribution in [0.3, 0.4) is 0 Å². The molecule has 0 fully saturated rings. The molecule has 9 heteroatoms. The van der Waals surface area contributed by atoms with Gasteiger partial charge in [-0.2, -0.15) is 4.98 Å². The summed E-state index contributed by atoms with van der Waals surface area (Å²) in [5.41, 5.74) is 0.959. The minimum atomic E-state index is -0.859. The van der Waals surface area contributed by atoms with E-state index in [9.17, 15) is 14.4 Å². The summed E-state index contributed by atoms with van der Waals surface area (Å²) in [5, 5.41) is 8.65. The number of aromatic nitrogens is 2. The number of hydrogen-bond donors (Lipinski definition) is 2. The second kappa shape index (κ2) is 8.57. The van der Waals surface area contributed by atoms with Gasteiger partial charge in [0.25, 0.3) is 0 Å². The van der Waals surface area contributed by atoms with E-state index in [0.29, 0.717) is 6.54 Å². The Balaban J connectivity index is 1.85. The van der Waals surface area contributed by atoms with Crippen LogP contribution in [-0.2, 0) is 27.3 Å². The molecule has 2 aromatic rings. The van der Waals surface area contributed by atoms with Crippen molar-refractivity contribution in [3.05, 3.63) is 47.6 Å². The van der Waals surface area contributed by atoms with Crippen molar-refractivity contribution in [2.45, 2.75) is 25.9 Å². The van der Waals surface area contributed by atoms with Gasteiger partial charge in [0.15, 0.2) is 5.82 Å². The first kappa shape index (κ1) is 18.1. The predicted octanol–water partition coefficient (Wildman–Crippen LogP) is 0.220. The number of methoxy groups -OCH3 is 1. The molecule has 1 heterocycles. The number of nitrogens with zero attached hydrogens (tertiary/aromatic N) is 2. The Morgan fingerprint density at radius 1 is 1.24 bits per heavy atom. The second-order valence-corrected chi connectivity index (χ2v) is 5.17. The first-order valence-electron chi connectivity index (χ1n) is 7.51. The molecule has 25 heavy (non-hydrogen) atoms. The molecule has 0 spiro atoms. The lowest BCUT2D eigenvalue weighted by Gasteiger charge is -2.08. The lowest BCUT2D eigenvalue weighted by atomic mass is 10.2. The number of esters is 1. The highest BCUT2D eigenvalue weighted by Gasteiger charge is 2.22. The molecule has 2 rings (SSSR count). The fourth-order valence-corrected chi connectivity index (χ4v) is 1.91. The summed E-state index contributed by atoms with van der Waals surface area (Å²) < 4.78 is 9.30. The van der Waals surface area contributed by atoms with E-state index in [0.717, 1.165) is 5.56 Å². The molecule has 0 unspecified atom stereocenters. The summed E-state index contributed by atoms with van der Waals surface area (Å²) in [7, 11) is 1.21. The molecule has 2 amide bonds. The van der Waals surface area contributed by atoms with Gasteiger partial charge < -0.3 is 19.9 Å². The lowest BCUT2D eigenvalue weighted by Crippen LogP contribution is -2.39. The zero-order valence-electron chi connectivity index (χ0n) is 13.8. The largest absolute Gasteiger partial charge is 0.467 e. The third-order valence-electron chi connectivity index (χ3n) is 3.22. The van der Waals surface area contributed by atoms with Crippen LogP contribution < -0.4 is 10.6 Å². The minimum Gasteiger partial charge on any atom is -0.467 e. The molecule has 0 radical (unpaired) electrons. The van der Waals surface area contributed by atoms with Crippen molar-refractivity contribution in [3.63, 3.8) is 0 Å². The molecule has 1 atom stereocenters. The maximum Gasteiger partial charge on any atom is 0.328 e. The molecule has 2 N–H and O–H groups in total. The number of ether oxygens (including phenoxy) is 1. The molecule has 0 aliphatic rings. The van der Waals surface area contributed by atoms with Gasteiger partial charge in [-0.3, -0.25) is 9.59 Å². The van der Waals surface area contributed by atoms with Gasteiger partial charge in [0.2, 0.25) is 5.91 Å². The quantitative estimate of drug-likeness (QED) is 0.687. The molecule has 9 nitrogen and oxygen atoms in total. The van der Waals surface area contributed by atoms with Crippen LogP contribution in [0, 0.1) is 0 Å². The van der Waals surface area contributed by atoms with Crippen LogP contribution in [0.1, 0.15) is 29.0 Å². The summed E-state index contributed by atoms with van der Waals surface area (Å²) >= 11 is 0. The topological polar surface area (TPSA) is 123 Å². The van der Waals surface area contributed by atoms with Crippen molar-refractivity contribution >= 4 is 17.8 Å². The average molecular weight is 346 g/mol. The van der Waals surface area contributed by atoms with E-state index >= 15 is 0 Å². The van der Waals surface area contributed by atoms with Gasteiger partial charge in [-0.25, -0.2) is 4.79 Å². The molecule has 0 saturated heterocycles. The first-order chi connectivity index (χ1) is 12.0. The number of hydrogen-bond acceptors (Lipinski definition) is 7. The highest BCUT2D eigenvalue weighted by molar-refractivity contribution is 5.92. The average Bonchev–Trinajstić information content (AvgIpc) is 3.08. The zero-order chi connectivity index (χ0) is 18.2. The fourth-order valence-electron chi connectivity index (χ4n) is 1.91. The Hall–Kier alpha value is -3.23. The molecule has 132 valence electrons. The van der Waals surface area contributed by atoms with Crippen molar-refractivity contribution in [2.75, 3.05) is 7.11 Å². The number of nitrogens with one attached hydrogen (secondary N) is 2. The minimum absolute atomic E-state index is 0.0708. The van der Waals surface area contributed by atoms with Crippen LogP contribution in [0.2, 0.25) is 0 Å². The fraction of sp³-hybridized carbons (Fsp3) is 0.312. The van der Waals surface area contributed by atoms with Gasteiger partial charge >= 0.3 is 17.8 Å². The monoisotopic (exact) mass is 346 g/mol. The van der Waals surface area contributed by atoms with Crippen LogP contribution in [0.15, 0.2) is 34.9 Å². The Labute approximate surface area is 143 Å². The van der Waals surface area contributed by atoms with Crippen molar-refractivity contribution in [1.82, 2.24) is 20.8 Å². The standard InChI is InChI=1S/C16H18N4O5/c1-10(16(23)24-2)18-14(22)15-19-12(20-25-15)8-13(21)17-9-11-6-4-3-5-7-11/h3-7,10H,8-9H2,1-2H3,(H,17,21)(H,18,22)/t10-/m1/s1. The molecular formula is C16H18N4O5. The SMILES string of the molecule is COC(=O)[C@@H](C)NC(=O)c1nc(CC(=O)NCc2ccccc2)no1. The van der Waals surface area contributed by atoms with E-state index in [1.165, 1.54) is 14.0 Å². The van der Waals surface area contributed by atoms with Gasteiger partial charge in [-0.15, -0.1) is 0 Å². The van der Waals surface area contributed by atoms with E-state index in [4.69, 9.17) is 4.52 Å². The van der Waals surface area contributed by atoms with Crippen LogP contribution in [-0.4, -0.2) is 41.1 Å². The number of rotatable bonds is 7. The Morgan fingerprint density at radius 3 is 2.64 bits per heavy atom. The molecule has 0 aliphatic heterocycles. The summed E-state index contributed by atoms with van der Waals surface area (Å²) in [4.78, 5) is 38.8. The molecular weight excluding hydrogens is 328 g/mol. The third kappa shape index (κ3) is 5.41.